The van der Waals surface area contributed by atoms with Crippen LogP contribution in [-0.4, -0.2) is 11.9 Å². The van der Waals surface area contributed by atoms with Crippen molar-refractivity contribution in [3.05, 3.63) is 59.9 Å². The van der Waals surface area contributed by atoms with E-state index in [1.165, 1.54) is 12.1 Å². The van der Waals surface area contributed by atoms with Crippen LogP contribution < -0.4 is 16.4 Å². The third-order valence-corrected chi connectivity index (χ3v) is 4.43. The minimum atomic E-state index is -0.674. The van der Waals surface area contributed by atoms with Gasteiger partial charge in [-0.15, -0.1) is 0 Å². The van der Waals surface area contributed by atoms with E-state index < -0.39 is 11.4 Å². The highest BCUT2D eigenvalue weighted by molar-refractivity contribution is 6.00. The molecule has 0 bridgehead atoms. The number of nitrogens with two attached hydrogens (primary N) is 1. The number of carbonyl (C=O) groups excluding carboxylic acids is 2. The Kier molecular flexibility index (Phi) is 4.20. The minimum Gasteiger partial charge on any atom is -0.351 e. The average Bonchev–Trinajstić information content (AvgIpc) is 2.48. The number of halogens is 1. The second-order valence-electron chi connectivity index (χ2n) is 5.97. The molecular formula is C18H18FN3O2. The van der Waals surface area contributed by atoms with E-state index in [0.29, 0.717) is 29.8 Å². The lowest BCUT2D eigenvalue weighted by Crippen LogP contribution is -2.46. The fraction of sp³-hybridized carbons (Fsp3) is 0.222. The first kappa shape index (κ1) is 16.0. The van der Waals surface area contributed by atoms with Gasteiger partial charge in [0, 0.05) is 11.4 Å². The highest BCUT2D eigenvalue weighted by Crippen LogP contribution is 2.44. The van der Waals surface area contributed by atoms with Gasteiger partial charge in [0.15, 0.2) is 0 Å². The van der Waals surface area contributed by atoms with Crippen molar-refractivity contribution in [3.63, 3.8) is 0 Å². The fourth-order valence-electron chi connectivity index (χ4n) is 2.99. The molecule has 0 aliphatic heterocycles. The van der Waals surface area contributed by atoms with E-state index in [9.17, 15) is 14.0 Å². The van der Waals surface area contributed by atoms with Crippen LogP contribution in [0.25, 0.3) is 0 Å². The van der Waals surface area contributed by atoms with Crippen LogP contribution in [0, 0.1) is 5.82 Å². The van der Waals surface area contributed by atoms with Gasteiger partial charge in [0.05, 0.1) is 5.41 Å². The maximum Gasteiger partial charge on any atom is 0.316 e. The van der Waals surface area contributed by atoms with E-state index in [1.807, 2.05) is 0 Å². The first-order chi connectivity index (χ1) is 11.5. The Hall–Kier alpha value is -2.89. The lowest BCUT2D eigenvalue weighted by atomic mass is 9.63. The molecule has 6 heteroatoms. The van der Waals surface area contributed by atoms with Gasteiger partial charge in [-0.3, -0.25) is 4.79 Å². The van der Waals surface area contributed by atoms with Crippen LogP contribution in [0.5, 0.6) is 0 Å². The first-order valence-electron chi connectivity index (χ1n) is 7.74. The molecule has 5 nitrogen and oxygen atoms in total. The van der Waals surface area contributed by atoms with Crippen molar-refractivity contribution in [2.45, 2.75) is 24.7 Å². The van der Waals surface area contributed by atoms with E-state index in [4.69, 9.17) is 5.73 Å². The molecule has 2 aromatic rings. The van der Waals surface area contributed by atoms with Gasteiger partial charge in [-0.1, -0.05) is 18.6 Å². The van der Waals surface area contributed by atoms with Gasteiger partial charge >= 0.3 is 6.03 Å². The molecule has 3 rings (SSSR count). The number of primary amides is 1. The average molecular weight is 327 g/mol. The number of nitrogens with one attached hydrogen (secondary N) is 2. The Balaban J connectivity index is 1.77. The zero-order chi connectivity index (χ0) is 17.2. The number of carbonyl (C=O) groups is 2. The lowest BCUT2D eigenvalue weighted by Gasteiger charge is -2.40. The van der Waals surface area contributed by atoms with E-state index >= 15 is 0 Å². The van der Waals surface area contributed by atoms with Crippen LogP contribution >= 0.6 is 0 Å². The Morgan fingerprint density at radius 2 is 1.62 bits per heavy atom. The molecule has 1 aliphatic carbocycles. The van der Waals surface area contributed by atoms with Crippen LogP contribution in [-0.2, 0) is 10.2 Å². The highest BCUT2D eigenvalue weighted by atomic mass is 19.1. The Morgan fingerprint density at radius 3 is 2.12 bits per heavy atom. The summed E-state index contributed by atoms with van der Waals surface area (Å²) in [7, 11) is 0. The molecule has 124 valence electrons. The first-order valence-corrected chi connectivity index (χ1v) is 7.74. The number of hydrogen-bond acceptors (Lipinski definition) is 2. The predicted molar refractivity (Wildman–Crippen MR) is 90.2 cm³/mol. The summed E-state index contributed by atoms with van der Waals surface area (Å²) in [5.41, 5.74) is 6.24. The van der Waals surface area contributed by atoms with Gasteiger partial charge in [-0.2, -0.15) is 0 Å². The molecule has 0 aromatic heterocycles. The largest absolute Gasteiger partial charge is 0.351 e. The third kappa shape index (κ3) is 3.08. The summed E-state index contributed by atoms with van der Waals surface area (Å²) in [5.74, 6) is -0.483. The van der Waals surface area contributed by atoms with Crippen molar-refractivity contribution in [2.24, 2.45) is 5.73 Å². The molecule has 1 fully saturated rings. The molecule has 0 radical (unpaired) electrons. The number of urea groups is 1. The summed E-state index contributed by atoms with van der Waals surface area (Å²) in [6.45, 7) is 0. The summed E-state index contributed by atoms with van der Waals surface area (Å²) < 4.78 is 13.5. The molecule has 0 saturated heterocycles. The van der Waals surface area contributed by atoms with Crippen molar-refractivity contribution < 1.29 is 14.0 Å². The van der Waals surface area contributed by atoms with Crippen molar-refractivity contribution in [2.75, 3.05) is 10.6 Å². The molecule has 1 saturated carbocycles. The number of benzene rings is 2. The van der Waals surface area contributed by atoms with Crippen molar-refractivity contribution in [3.8, 4) is 0 Å². The topological polar surface area (TPSA) is 84.2 Å². The van der Waals surface area contributed by atoms with Gasteiger partial charge in [-0.05, 0) is 54.8 Å². The van der Waals surface area contributed by atoms with Crippen LogP contribution in [0.1, 0.15) is 24.8 Å². The van der Waals surface area contributed by atoms with Crippen molar-refractivity contribution >= 4 is 23.3 Å². The van der Waals surface area contributed by atoms with Crippen molar-refractivity contribution in [1.82, 2.24) is 0 Å². The summed E-state index contributed by atoms with van der Waals surface area (Å²) >= 11 is 0. The number of amides is 3. The second-order valence-corrected chi connectivity index (χ2v) is 5.97. The van der Waals surface area contributed by atoms with E-state index in [0.717, 1.165) is 6.42 Å². The Labute approximate surface area is 139 Å². The van der Waals surface area contributed by atoms with Gasteiger partial charge in [-0.25, -0.2) is 9.18 Å². The SMILES string of the molecule is NC(=O)Nc1ccc(NC(=O)C2(c3cccc(F)c3)CCC2)cc1. The second kappa shape index (κ2) is 6.31. The smallest absolute Gasteiger partial charge is 0.316 e. The molecule has 0 atom stereocenters. The predicted octanol–water partition coefficient (Wildman–Crippen LogP) is 3.38. The molecule has 24 heavy (non-hydrogen) atoms. The molecule has 2 aromatic carbocycles. The van der Waals surface area contributed by atoms with Crippen LogP contribution in [0.2, 0.25) is 0 Å². The molecule has 0 spiro atoms. The molecule has 0 heterocycles. The molecule has 1 aliphatic rings. The van der Waals surface area contributed by atoms with Crippen LogP contribution in [0.3, 0.4) is 0 Å². The van der Waals surface area contributed by atoms with Crippen molar-refractivity contribution in [1.29, 1.82) is 0 Å². The van der Waals surface area contributed by atoms with Crippen LogP contribution in [0.4, 0.5) is 20.6 Å². The van der Waals surface area contributed by atoms with Gasteiger partial charge in [0.2, 0.25) is 5.91 Å². The summed E-state index contributed by atoms with van der Waals surface area (Å²) in [6, 6.07) is 12.2. The summed E-state index contributed by atoms with van der Waals surface area (Å²) in [5, 5.41) is 5.33. The summed E-state index contributed by atoms with van der Waals surface area (Å²) in [4.78, 5) is 23.6. The maximum atomic E-state index is 13.5. The highest BCUT2D eigenvalue weighted by Gasteiger charge is 2.45. The molecular weight excluding hydrogens is 309 g/mol. The van der Waals surface area contributed by atoms with Gasteiger partial charge in [0.1, 0.15) is 5.82 Å². The number of anilines is 2. The number of hydrogen-bond donors (Lipinski definition) is 3. The standard InChI is InChI=1S/C18H18FN3O2/c19-13-4-1-3-12(11-13)18(9-2-10-18)16(23)21-14-5-7-15(8-6-14)22-17(20)24/h1,3-8,11H,2,9-10H2,(H,21,23)(H3,20,22,24). The third-order valence-electron chi connectivity index (χ3n) is 4.43. The minimum absolute atomic E-state index is 0.144. The zero-order valence-electron chi connectivity index (χ0n) is 13.0. The summed E-state index contributed by atoms with van der Waals surface area (Å²) in [6.07, 6.45) is 2.33. The lowest BCUT2D eigenvalue weighted by molar-refractivity contribution is -0.124. The quantitative estimate of drug-likeness (QED) is 0.804. The monoisotopic (exact) mass is 327 g/mol. The molecule has 0 unspecified atom stereocenters. The normalized spacial score (nSPS) is 15.2. The maximum absolute atomic E-state index is 13.5. The van der Waals surface area contributed by atoms with E-state index in [2.05, 4.69) is 10.6 Å². The molecule has 4 N–H and O–H groups in total. The Bertz CT molecular complexity index is 770. The van der Waals surface area contributed by atoms with Gasteiger partial charge in [0.25, 0.3) is 0 Å². The van der Waals surface area contributed by atoms with Gasteiger partial charge < -0.3 is 16.4 Å². The Morgan fingerprint density at radius 1 is 1.00 bits per heavy atom. The fourth-order valence-corrected chi connectivity index (χ4v) is 2.99. The van der Waals surface area contributed by atoms with E-state index in [1.54, 1.807) is 36.4 Å². The van der Waals surface area contributed by atoms with Crippen LogP contribution in [0.15, 0.2) is 48.5 Å². The number of rotatable bonds is 4. The zero-order valence-corrected chi connectivity index (χ0v) is 13.0. The van der Waals surface area contributed by atoms with E-state index in [-0.39, 0.29) is 11.7 Å². The molecule has 3 amide bonds.